The molecule has 4 rings (SSSR count). The zero-order valence-electron chi connectivity index (χ0n) is 21.6. The van der Waals surface area contributed by atoms with Crippen molar-refractivity contribution in [2.24, 2.45) is 5.92 Å². The number of aryl methyl sites for hydroxylation is 4. The van der Waals surface area contributed by atoms with Crippen LogP contribution in [0.1, 0.15) is 54.8 Å². The highest BCUT2D eigenvalue weighted by atomic mass is 16.5. The number of hydrogen-bond donors (Lipinski definition) is 0. The van der Waals surface area contributed by atoms with E-state index in [0.717, 1.165) is 62.0 Å². The van der Waals surface area contributed by atoms with Crippen LogP contribution < -0.4 is 0 Å². The number of carbonyl (C=O) groups is 1. The number of rotatable bonds is 9. The van der Waals surface area contributed by atoms with Crippen molar-refractivity contribution >= 4 is 16.9 Å². The average Bonchev–Trinajstić information content (AvgIpc) is 3.10. The molecule has 1 aliphatic heterocycles. The molecule has 3 heterocycles. The van der Waals surface area contributed by atoms with Crippen molar-refractivity contribution in [2.75, 3.05) is 26.7 Å². The van der Waals surface area contributed by atoms with Crippen LogP contribution in [-0.4, -0.2) is 46.7 Å². The maximum atomic E-state index is 12.3. The fraction of sp³-hybridized carbons (Fsp3) is 0.517. The zero-order valence-corrected chi connectivity index (χ0v) is 21.6. The quantitative estimate of drug-likeness (QED) is 0.317. The normalized spacial score (nSPS) is 18.6. The van der Waals surface area contributed by atoms with Gasteiger partial charge >= 0.3 is 5.97 Å². The van der Waals surface area contributed by atoms with E-state index in [-0.39, 0.29) is 11.9 Å². The molecule has 0 fully saturated rings. The third kappa shape index (κ3) is 5.35. The lowest BCUT2D eigenvalue weighted by molar-refractivity contribution is -0.924. The fourth-order valence-electron chi connectivity index (χ4n) is 5.28. The van der Waals surface area contributed by atoms with Gasteiger partial charge in [-0.1, -0.05) is 38.0 Å². The number of aromatic nitrogens is 2. The third-order valence-electron chi connectivity index (χ3n) is 7.47. The van der Waals surface area contributed by atoms with Crippen LogP contribution in [-0.2, 0) is 35.5 Å². The second-order valence-corrected chi connectivity index (χ2v) is 10.5. The van der Waals surface area contributed by atoms with Crippen LogP contribution in [0.3, 0.4) is 0 Å². The van der Waals surface area contributed by atoms with Gasteiger partial charge in [-0.05, 0) is 50.5 Å². The largest absolute Gasteiger partial charge is 0.459 e. The Morgan fingerprint density at radius 1 is 1.24 bits per heavy atom. The van der Waals surface area contributed by atoms with E-state index in [1.165, 1.54) is 33.3 Å². The number of fused-ring (bicyclic) bond motifs is 3. The zero-order chi connectivity index (χ0) is 24.3. The number of nitrogens with zero attached hydrogens (tertiary/aromatic N) is 3. The van der Waals surface area contributed by atoms with Gasteiger partial charge < -0.3 is 13.8 Å². The number of benzene rings is 1. The van der Waals surface area contributed by atoms with E-state index in [4.69, 9.17) is 4.74 Å². The van der Waals surface area contributed by atoms with Crippen molar-refractivity contribution < 1.29 is 14.0 Å². The molecule has 34 heavy (non-hydrogen) atoms. The van der Waals surface area contributed by atoms with Crippen LogP contribution in [0, 0.1) is 19.8 Å². The molecular formula is C29H40N3O2+. The lowest BCUT2D eigenvalue weighted by Crippen LogP contribution is -2.49. The Bertz CT molecular complexity index is 1150. The number of ether oxygens (including phenoxy) is 1. The molecule has 0 spiro atoms. The molecule has 0 saturated carbocycles. The molecule has 0 N–H and O–H groups in total. The van der Waals surface area contributed by atoms with Gasteiger partial charge in [-0.2, -0.15) is 0 Å². The molecule has 0 bridgehead atoms. The van der Waals surface area contributed by atoms with Gasteiger partial charge in [0.15, 0.2) is 0 Å². The van der Waals surface area contributed by atoms with Crippen LogP contribution in [0.2, 0.25) is 0 Å². The Morgan fingerprint density at radius 3 is 2.79 bits per heavy atom. The molecule has 182 valence electrons. The lowest BCUT2D eigenvalue weighted by atomic mass is 10.0. The molecule has 0 saturated heterocycles. The number of carbonyl (C=O) groups excluding carboxylic acids is 1. The van der Waals surface area contributed by atoms with Crippen molar-refractivity contribution in [1.82, 2.24) is 9.55 Å². The van der Waals surface area contributed by atoms with Gasteiger partial charge in [-0.25, -0.2) is 0 Å². The Balaban J connectivity index is 1.52. The SMILES string of the molecule is CCCC(C)C(=O)OCC[N+]1(C)CCc2c(c3cc(C)ccc3n2CCc2ccc(C)nc2)C1. The van der Waals surface area contributed by atoms with Gasteiger partial charge in [0, 0.05) is 47.0 Å². The van der Waals surface area contributed by atoms with E-state index in [2.05, 4.69) is 60.8 Å². The lowest BCUT2D eigenvalue weighted by Gasteiger charge is -2.38. The molecule has 1 aromatic carbocycles. The van der Waals surface area contributed by atoms with Crippen LogP contribution in [0.4, 0.5) is 0 Å². The Hall–Kier alpha value is -2.66. The standard InChI is InChI=1S/C29H40N3O2/c1-6-7-22(3)29(33)34-17-16-32(5)15-13-28-26(20-32)25-18-21(2)8-11-27(25)31(28)14-12-24-10-9-23(4)30-19-24/h8-11,18-19,22H,6-7,12-17,20H2,1-5H3/q+1. The fourth-order valence-corrected chi connectivity index (χ4v) is 5.28. The molecule has 5 nitrogen and oxygen atoms in total. The summed E-state index contributed by atoms with van der Waals surface area (Å²) in [5.74, 6) is -0.0584. The molecule has 2 unspecified atom stereocenters. The third-order valence-corrected chi connectivity index (χ3v) is 7.47. The minimum Gasteiger partial charge on any atom is -0.459 e. The van der Waals surface area contributed by atoms with Crippen molar-refractivity contribution in [3.8, 4) is 0 Å². The summed E-state index contributed by atoms with van der Waals surface area (Å²) < 4.78 is 9.11. The van der Waals surface area contributed by atoms with Gasteiger partial charge in [0.1, 0.15) is 19.7 Å². The first-order chi connectivity index (χ1) is 16.3. The first kappa shape index (κ1) is 24.5. The smallest absolute Gasteiger partial charge is 0.308 e. The molecule has 0 aliphatic carbocycles. The van der Waals surface area contributed by atoms with E-state index in [1.807, 2.05) is 20.0 Å². The number of likely N-dealkylation sites (N-methyl/N-ethyl adjacent to an activating group) is 1. The monoisotopic (exact) mass is 462 g/mol. The molecule has 5 heteroatoms. The summed E-state index contributed by atoms with van der Waals surface area (Å²) in [6.07, 6.45) is 5.94. The molecule has 2 aromatic heterocycles. The molecule has 0 amide bonds. The summed E-state index contributed by atoms with van der Waals surface area (Å²) in [6, 6.07) is 11.2. The first-order valence-corrected chi connectivity index (χ1v) is 12.8. The van der Waals surface area contributed by atoms with Crippen LogP contribution >= 0.6 is 0 Å². The molecule has 1 aliphatic rings. The predicted molar refractivity (Wildman–Crippen MR) is 138 cm³/mol. The van der Waals surface area contributed by atoms with E-state index >= 15 is 0 Å². The van der Waals surface area contributed by atoms with Gasteiger partial charge in [0.05, 0.1) is 19.5 Å². The summed E-state index contributed by atoms with van der Waals surface area (Å²) in [6.45, 7) is 12.7. The summed E-state index contributed by atoms with van der Waals surface area (Å²) in [5, 5.41) is 1.38. The number of pyridine rings is 1. The van der Waals surface area contributed by atoms with Crippen molar-refractivity contribution in [2.45, 2.75) is 66.5 Å². The summed E-state index contributed by atoms with van der Waals surface area (Å²) >= 11 is 0. The average molecular weight is 463 g/mol. The maximum absolute atomic E-state index is 12.3. The van der Waals surface area contributed by atoms with Gasteiger partial charge in [-0.15, -0.1) is 0 Å². The minimum atomic E-state index is -0.0519. The van der Waals surface area contributed by atoms with Gasteiger partial charge in [0.2, 0.25) is 0 Å². The van der Waals surface area contributed by atoms with E-state index in [0.29, 0.717) is 6.61 Å². The minimum absolute atomic E-state index is 0.00653. The number of esters is 1. The van der Waals surface area contributed by atoms with Crippen LogP contribution in [0.5, 0.6) is 0 Å². The Labute approximate surface area is 204 Å². The van der Waals surface area contributed by atoms with Crippen molar-refractivity contribution in [3.05, 3.63) is 64.6 Å². The van der Waals surface area contributed by atoms with Gasteiger partial charge in [0.25, 0.3) is 0 Å². The topological polar surface area (TPSA) is 44.1 Å². The number of quaternary nitrogens is 1. The second-order valence-electron chi connectivity index (χ2n) is 10.5. The van der Waals surface area contributed by atoms with Gasteiger partial charge in [-0.3, -0.25) is 9.78 Å². The van der Waals surface area contributed by atoms with E-state index < -0.39 is 0 Å². The highest BCUT2D eigenvalue weighted by Crippen LogP contribution is 2.34. The number of hydrogen-bond acceptors (Lipinski definition) is 3. The Kier molecular flexibility index (Phi) is 7.42. The highest BCUT2D eigenvalue weighted by molar-refractivity contribution is 5.86. The summed E-state index contributed by atoms with van der Waals surface area (Å²) in [5.41, 5.74) is 7.93. The van der Waals surface area contributed by atoms with Crippen molar-refractivity contribution in [3.63, 3.8) is 0 Å². The first-order valence-electron chi connectivity index (χ1n) is 12.8. The van der Waals surface area contributed by atoms with E-state index in [9.17, 15) is 4.79 Å². The van der Waals surface area contributed by atoms with E-state index in [1.54, 1.807) is 0 Å². The molecular weight excluding hydrogens is 422 g/mol. The molecule has 3 aromatic rings. The Morgan fingerprint density at radius 2 is 2.06 bits per heavy atom. The molecule has 2 atom stereocenters. The van der Waals surface area contributed by atoms with Crippen LogP contribution in [0.15, 0.2) is 36.5 Å². The predicted octanol–water partition coefficient (Wildman–Crippen LogP) is 5.38. The summed E-state index contributed by atoms with van der Waals surface area (Å²) in [7, 11) is 2.31. The van der Waals surface area contributed by atoms with Crippen molar-refractivity contribution in [1.29, 1.82) is 0 Å². The highest BCUT2D eigenvalue weighted by Gasteiger charge is 2.33. The second kappa shape index (κ2) is 10.3. The molecule has 0 radical (unpaired) electrons. The maximum Gasteiger partial charge on any atom is 0.308 e. The van der Waals surface area contributed by atoms with Crippen LogP contribution in [0.25, 0.3) is 10.9 Å². The summed E-state index contributed by atoms with van der Waals surface area (Å²) in [4.78, 5) is 16.7.